The van der Waals surface area contributed by atoms with Crippen molar-refractivity contribution < 1.29 is 9.90 Å². The van der Waals surface area contributed by atoms with Crippen molar-refractivity contribution in [3.8, 4) is 6.07 Å². The molecule has 0 radical (unpaired) electrons. The molecule has 2 rings (SSSR count). The number of hydrogen-bond donors (Lipinski definition) is 1. The van der Waals surface area contributed by atoms with Gasteiger partial charge in [0.2, 0.25) is 5.91 Å². The number of rotatable bonds is 2. The van der Waals surface area contributed by atoms with Gasteiger partial charge in [-0.3, -0.25) is 4.79 Å². The Morgan fingerprint density at radius 3 is 3.00 bits per heavy atom. The highest BCUT2D eigenvalue weighted by Gasteiger charge is 2.48. The zero-order valence-corrected chi connectivity index (χ0v) is 9.48. The lowest BCUT2D eigenvalue weighted by molar-refractivity contribution is -0.129. The van der Waals surface area contributed by atoms with Crippen LogP contribution in [-0.4, -0.2) is 35.6 Å². The second-order valence-corrected chi connectivity index (χ2v) is 5.07. The van der Waals surface area contributed by atoms with E-state index < -0.39 is 0 Å². The largest absolute Gasteiger partial charge is 0.396 e. The molecular formula is C12H18N2O2. The van der Waals surface area contributed by atoms with Crippen molar-refractivity contribution in [2.24, 2.45) is 11.3 Å². The molecule has 0 spiro atoms. The molecule has 0 bridgehead atoms. The second kappa shape index (κ2) is 4.42. The van der Waals surface area contributed by atoms with Gasteiger partial charge in [-0.2, -0.15) is 5.26 Å². The summed E-state index contributed by atoms with van der Waals surface area (Å²) in [5.74, 6) is 0.360. The molecule has 1 aliphatic heterocycles. The van der Waals surface area contributed by atoms with Crippen LogP contribution in [0.25, 0.3) is 0 Å². The minimum absolute atomic E-state index is 0.0335. The second-order valence-electron chi connectivity index (χ2n) is 5.07. The van der Waals surface area contributed by atoms with Gasteiger partial charge in [0.1, 0.15) is 6.42 Å². The average molecular weight is 222 g/mol. The Hall–Kier alpha value is -1.08. The number of amides is 1. The van der Waals surface area contributed by atoms with Gasteiger partial charge in [-0.15, -0.1) is 0 Å². The Bertz CT molecular complexity index is 323. The summed E-state index contributed by atoms with van der Waals surface area (Å²) in [7, 11) is 0. The highest BCUT2D eigenvalue weighted by Crippen LogP contribution is 2.46. The molecule has 0 unspecified atom stereocenters. The maximum Gasteiger partial charge on any atom is 0.236 e. The minimum Gasteiger partial charge on any atom is -0.396 e. The first kappa shape index (κ1) is 11.4. The van der Waals surface area contributed by atoms with Crippen LogP contribution in [0, 0.1) is 22.7 Å². The number of nitriles is 1. The van der Waals surface area contributed by atoms with Crippen LogP contribution in [-0.2, 0) is 4.79 Å². The summed E-state index contributed by atoms with van der Waals surface area (Å²) in [5, 5.41) is 18.1. The number of fused-ring (bicyclic) bond motifs is 1. The van der Waals surface area contributed by atoms with Crippen LogP contribution in [0.15, 0.2) is 0 Å². The van der Waals surface area contributed by atoms with E-state index in [-0.39, 0.29) is 24.3 Å². The highest BCUT2D eigenvalue weighted by molar-refractivity contribution is 5.78. The molecule has 1 aliphatic carbocycles. The Balaban J connectivity index is 2.08. The number of aliphatic hydroxyl groups excluding tert-OH is 1. The van der Waals surface area contributed by atoms with Crippen molar-refractivity contribution in [2.75, 3.05) is 19.7 Å². The Kier molecular flexibility index (Phi) is 3.15. The number of carbonyl (C=O) groups excluding carboxylic acids is 1. The van der Waals surface area contributed by atoms with Crippen molar-refractivity contribution in [2.45, 2.75) is 32.1 Å². The van der Waals surface area contributed by atoms with E-state index in [1.165, 1.54) is 6.42 Å². The fraction of sp³-hybridized carbons (Fsp3) is 0.833. The van der Waals surface area contributed by atoms with Gasteiger partial charge < -0.3 is 10.0 Å². The fourth-order valence-electron chi connectivity index (χ4n) is 3.21. The third-order valence-electron chi connectivity index (χ3n) is 4.19. The van der Waals surface area contributed by atoms with Crippen molar-refractivity contribution in [3.63, 3.8) is 0 Å². The third-order valence-corrected chi connectivity index (χ3v) is 4.19. The molecule has 1 amide bonds. The Morgan fingerprint density at radius 1 is 1.56 bits per heavy atom. The summed E-state index contributed by atoms with van der Waals surface area (Å²) in [4.78, 5) is 13.4. The van der Waals surface area contributed by atoms with E-state index in [0.29, 0.717) is 12.5 Å². The van der Waals surface area contributed by atoms with E-state index in [4.69, 9.17) is 5.26 Å². The minimum atomic E-state index is -0.0790. The number of nitrogens with zero attached hydrogens (tertiary/aromatic N) is 2. The quantitative estimate of drug-likeness (QED) is 0.755. The van der Waals surface area contributed by atoms with E-state index in [1.807, 2.05) is 6.07 Å². The lowest BCUT2D eigenvalue weighted by Crippen LogP contribution is -2.37. The maximum absolute atomic E-state index is 11.7. The number of likely N-dealkylation sites (tertiary alicyclic amines) is 1. The van der Waals surface area contributed by atoms with E-state index >= 15 is 0 Å². The first-order chi connectivity index (χ1) is 7.72. The maximum atomic E-state index is 11.7. The number of hydrogen-bond acceptors (Lipinski definition) is 3. The van der Waals surface area contributed by atoms with Crippen LogP contribution in [0.5, 0.6) is 0 Å². The molecule has 0 aromatic heterocycles. The van der Waals surface area contributed by atoms with Crippen molar-refractivity contribution in [1.29, 1.82) is 5.26 Å². The van der Waals surface area contributed by atoms with E-state index in [0.717, 1.165) is 25.8 Å². The summed E-state index contributed by atoms with van der Waals surface area (Å²) in [5.41, 5.74) is -0.0661. The van der Waals surface area contributed by atoms with Crippen molar-refractivity contribution >= 4 is 5.91 Å². The SMILES string of the molecule is N#CCC(=O)N1C[C@@H]2CCCC[C@@]2(CO)C1. The monoisotopic (exact) mass is 222 g/mol. The zero-order chi connectivity index (χ0) is 11.6. The molecule has 0 aromatic carbocycles. The topological polar surface area (TPSA) is 64.3 Å². The summed E-state index contributed by atoms with van der Waals surface area (Å²) >= 11 is 0. The van der Waals surface area contributed by atoms with Crippen LogP contribution >= 0.6 is 0 Å². The molecular weight excluding hydrogens is 204 g/mol. The molecule has 16 heavy (non-hydrogen) atoms. The lowest BCUT2D eigenvalue weighted by Gasteiger charge is -2.36. The van der Waals surface area contributed by atoms with E-state index in [1.54, 1.807) is 4.90 Å². The fourth-order valence-corrected chi connectivity index (χ4v) is 3.21. The van der Waals surface area contributed by atoms with Gasteiger partial charge in [-0.25, -0.2) is 0 Å². The standard InChI is InChI=1S/C12H18N2O2/c13-6-4-11(16)14-7-10-3-1-2-5-12(10,8-14)9-15/h10,15H,1-5,7-9H2/t10-,12-/m0/s1. The lowest BCUT2D eigenvalue weighted by atomic mass is 9.69. The summed E-state index contributed by atoms with van der Waals surface area (Å²) in [6.45, 7) is 1.56. The van der Waals surface area contributed by atoms with Crippen molar-refractivity contribution in [1.82, 2.24) is 4.90 Å². The molecule has 4 nitrogen and oxygen atoms in total. The predicted molar refractivity (Wildman–Crippen MR) is 58.3 cm³/mol. The molecule has 1 saturated carbocycles. The summed E-state index contributed by atoms with van der Waals surface area (Å²) < 4.78 is 0. The zero-order valence-electron chi connectivity index (χ0n) is 9.48. The van der Waals surface area contributed by atoms with Crippen LogP contribution in [0.4, 0.5) is 0 Å². The molecule has 1 heterocycles. The molecule has 2 atom stereocenters. The third kappa shape index (κ3) is 1.80. The van der Waals surface area contributed by atoms with E-state index in [9.17, 15) is 9.90 Å². The molecule has 2 fully saturated rings. The normalized spacial score (nSPS) is 33.2. The Labute approximate surface area is 95.9 Å². The van der Waals surface area contributed by atoms with Crippen LogP contribution in [0.3, 0.4) is 0 Å². The van der Waals surface area contributed by atoms with Crippen LogP contribution in [0.1, 0.15) is 32.1 Å². The number of carbonyl (C=O) groups is 1. The molecule has 1 saturated heterocycles. The van der Waals surface area contributed by atoms with Crippen LogP contribution in [0.2, 0.25) is 0 Å². The van der Waals surface area contributed by atoms with Crippen molar-refractivity contribution in [3.05, 3.63) is 0 Å². The molecule has 1 N–H and O–H groups in total. The molecule has 4 heteroatoms. The Morgan fingerprint density at radius 2 is 2.38 bits per heavy atom. The van der Waals surface area contributed by atoms with Gasteiger partial charge in [0.05, 0.1) is 12.7 Å². The summed E-state index contributed by atoms with van der Waals surface area (Å²) in [6.07, 6.45) is 4.44. The average Bonchev–Trinajstić information content (AvgIpc) is 2.69. The first-order valence-electron chi connectivity index (χ1n) is 5.97. The first-order valence-corrected chi connectivity index (χ1v) is 5.97. The van der Waals surface area contributed by atoms with E-state index in [2.05, 4.69) is 0 Å². The van der Waals surface area contributed by atoms with Gasteiger partial charge in [0.25, 0.3) is 0 Å². The highest BCUT2D eigenvalue weighted by atomic mass is 16.3. The smallest absolute Gasteiger partial charge is 0.236 e. The van der Waals surface area contributed by atoms with Gasteiger partial charge >= 0.3 is 0 Å². The molecule has 0 aromatic rings. The van der Waals surface area contributed by atoms with Gasteiger partial charge in [-0.1, -0.05) is 12.8 Å². The van der Waals surface area contributed by atoms with Gasteiger partial charge in [0, 0.05) is 18.5 Å². The predicted octanol–water partition coefficient (Wildman–Crippen LogP) is 0.911. The molecule has 2 aliphatic rings. The molecule has 88 valence electrons. The van der Waals surface area contributed by atoms with Gasteiger partial charge in [-0.05, 0) is 18.8 Å². The van der Waals surface area contributed by atoms with Crippen LogP contribution < -0.4 is 0 Å². The summed E-state index contributed by atoms with van der Waals surface area (Å²) in [6, 6.07) is 1.90. The number of aliphatic hydroxyl groups is 1. The van der Waals surface area contributed by atoms with Gasteiger partial charge in [0.15, 0.2) is 0 Å².